The van der Waals surface area contributed by atoms with Crippen LogP contribution in [0.3, 0.4) is 0 Å². The summed E-state index contributed by atoms with van der Waals surface area (Å²) >= 11 is 0. The number of rotatable bonds is 5. The second-order valence-corrected chi connectivity index (χ2v) is 7.31. The lowest BCUT2D eigenvalue weighted by Gasteiger charge is -2.20. The van der Waals surface area contributed by atoms with Crippen molar-refractivity contribution in [2.24, 2.45) is 5.92 Å². The van der Waals surface area contributed by atoms with Crippen LogP contribution < -0.4 is 10.6 Å². The normalized spacial score (nSPS) is 14.3. The molecule has 0 atom stereocenters. The number of nitrogens with one attached hydrogen (secondary N) is 2. The molecule has 0 bridgehead atoms. The van der Waals surface area contributed by atoms with Crippen molar-refractivity contribution in [2.45, 2.75) is 32.1 Å². The maximum absolute atomic E-state index is 12.7. The van der Waals surface area contributed by atoms with Crippen molar-refractivity contribution in [3.63, 3.8) is 0 Å². The number of aromatic nitrogens is 1. The Kier molecular flexibility index (Phi) is 5.70. The van der Waals surface area contributed by atoms with Crippen LogP contribution in [-0.2, 0) is 4.79 Å². The lowest BCUT2D eigenvalue weighted by Crippen LogP contribution is -2.24. The molecule has 2 aromatic carbocycles. The van der Waals surface area contributed by atoms with Gasteiger partial charge in [-0.1, -0.05) is 37.5 Å². The molecule has 2 N–H and O–H groups in total. The standard InChI is InChI=1S/C23H23N3O3/c27-22(16-6-2-1-3-7-16)25-20-11-5-9-18(13-20)23(28)26-19-10-4-8-17(12-19)21-14-24-15-29-21/h4-5,8-16H,1-3,6-7H2,(H,25,27)(H,26,28). The number of oxazole rings is 1. The van der Waals surface area contributed by atoms with E-state index in [0.717, 1.165) is 31.2 Å². The summed E-state index contributed by atoms with van der Waals surface area (Å²) in [5.41, 5.74) is 2.61. The first-order valence-electron chi connectivity index (χ1n) is 9.90. The van der Waals surface area contributed by atoms with Crippen molar-refractivity contribution < 1.29 is 14.0 Å². The van der Waals surface area contributed by atoms with E-state index < -0.39 is 0 Å². The summed E-state index contributed by atoms with van der Waals surface area (Å²) in [4.78, 5) is 29.1. The third-order valence-electron chi connectivity index (χ3n) is 5.21. The van der Waals surface area contributed by atoms with Gasteiger partial charge in [0, 0.05) is 28.4 Å². The second-order valence-electron chi connectivity index (χ2n) is 7.31. The summed E-state index contributed by atoms with van der Waals surface area (Å²) in [5, 5.41) is 5.85. The molecule has 0 saturated heterocycles. The molecule has 0 spiro atoms. The molecule has 1 aromatic heterocycles. The van der Waals surface area contributed by atoms with E-state index in [1.807, 2.05) is 30.3 Å². The fourth-order valence-electron chi connectivity index (χ4n) is 3.66. The molecule has 0 aliphatic heterocycles. The Morgan fingerprint density at radius 1 is 0.931 bits per heavy atom. The van der Waals surface area contributed by atoms with Crippen LogP contribution in [0.25, 0.3) is 11.3 Å². The number of carbonyl (C=O) groups excluding carboxylic acids is 2. The van der Waals surface area contributed by atoms with Gasteiger partial charge >= 0.3 is 0 Å². The summed E-state index contributed by atoms with van der Waals surface area (Å²) in [7, 11) is 0. The van der Waals surface area contributed by atoms with E-state index in [-0.39, 0.29) is 17.7 Å². The molecule has 0 unspecified atom stereocenters. The van der Waals surface area contributed by atoms with Crippen molar-refractivity contribution in [3.05, 3.63) is 66.7 Å². The van der Waals surface area contributed by atoms with Crippen molar-refractivity contribution >= 4 is 23.2 Å². The SMILES string of the molecule is O=C(Nc1cccc(-c2cnco2)c1)c1cccc(NC(=O)C2CCCCC2)c1. The van der Waals surface area contributed by atoms with Gasteiger partial charge in [0.15, 0.2) is 12.2 Å². The van der Waals surface area contributed by atoms with Gasteiger partial charge in [-0.25, -0.2) is 4.98 Å². The molecule has 4 rings (SSSR count). The number of nitrogens with zero attached hydrogens (tertiary/aromatic N) is 1. The lowest BCUT2D eigenvalue weighted by molar-refractivity contribution is -0.120. The summed E-state index contributed by atoms with van der Waals surface area (Å²) in [6.07, 6.45) is 8.28. The molecule has 6 nitrogen and oxygen atoms in total. The highest BCUT2D eigenvalue weighted by molar-refractivity contribution is 6.05. The van der Waals surface area contributed by atoms with Crippen LogP contribution in [0.4, 0.5) is 11.4 Å². The lowest BCUT2D eigenvalue weighted by atomic mass is 9.88. The average molecular weight is 389 g/mol. The summed E-state index contributed by atoms with van der Waals surface area (Å²) in [5.74, 6) is 0.504. The highest BCUT2D eigenvalue weighted by atomic mass is 16.3. The molecule has 2 amide bonds. The summed E-state index contributed by atoms with van der Waals surface area (Å²) in [6, 6.07) is 14.4. The van der Waals surface area contributed by atoms with Crippen LogP contribution in [0.5, 0.6) is 0 Å². The van der Waals surface area contributed by atoms with E-state index >= 15 is 0 Å². The van der Waals surface area contributed by atoms with Crippen LogP contribution >= 0.6 is 0 Å². The smallest absolute Gasteiger partial charge is 0.255 e. The first-order valence-corrected chi connectivity index (χ1v) is 9.90. The zero-order chi connectivity index (χ0) is 20.1. The third kappa shape index (κ3) is 4.71. The largest absolute Gasteiger partial charge is 0.444 e. The van der Waals surface area contributed by atoms with Crippen LogP contribution in [0.15, 0.2) is 65.5 Å². The van der Waals surface area contributed by atoms with Crippen LogP contribution in [0, 0.1) is 5.92 Å². The van der Waals surface area contributed by atoms with E-state index in [2.05, 4.69) is 15.6 Å². The maximum atomic E-state index is 12.7. The minimum Gasteiger partial charge on any atom is -0.444 e. The molecule has 148 valence electrons. The molecule has 29 heavy (non-hydrogen) atoms. The minimum atomic E-state index is -0.242. The molecule has 3 aromatic rings. The molecule has 6 heteroatoms. The van der Waals surface area contributed by atoms with Crippen molar-refractivity contribution in [1.82, 2.24) is 4.98 Å². The van der Waals surface area contributed by atoms with Crippen LogP contribution in [0.1, 0.15) is 42.5 Å². The zero-order valence-corrected chi connectivity index (χ0v) is 16.1. The number of amides is 2. The molecule has 1 saturated carbocycles. The number of carbonyl (C=O) groups is 2. The van der Waals surface area contributed by atoms with Gasteiger partial charge in [-0.3, -0.25) is 9.59 Å². The third-order valence-corrected chi connectivity index (χ3v) is 5.21. The first-order chi connectivity index (χ1) is 14.2. The Balaban J connectivity index is 1.43. The van der Waals surface area contributed by atoms with Gasteiger partial charge in [-0.15, -0.1) is 0 Å². The highest BCUT2D eigenvalue weighted by Crippen LogP contribution is 2.26. The Bertz CT molecular complexity index is 992. The molecular weight excluding hydrogens is 366 g/mol. The molecule has 1 aliphatic carbocycles. The first kappa shape index (κ1) is 18.9. The highest BCUT2D eigenvalue weighted by Gasteiger charge is 2.21. The zero-order valence-electron chi connectivity index (χ0n) is 16.1. The van der Waals surface area contributed by atoms with Gasteiger partial charge in [0.25, 0.3) is 5.91 Å². The predicted molar refractivity (Wildman–Crippen MR) is 112 cm³/mol. The van der Waals surface area contributed by atoms with Crippen molar-refractivity contribution in [2.75, 3.05) is 10.6 Å². The van der Waals surface area contributed by atoms with Crippen LogP contribution in [0.2, 0.25) is 0 Å². The monoisotopic (exact) mass is 389 g/mol. The van der Waals surface area contributed by atoms with E-state index in [1.165, 1.54) is 12.8 Å². The fraction of sp³-hybridized carbons (Fsp3) is 0.261. The van der Waals surface area contributed by atoms with Crippen molar-refractivity contribution in [3.8, 4) is 11.3 Å². The van der Waals surface area contributed by atoms with Crippen molar-refractivity contribution in [1.29, 1.82) is 0 Å². The van der Waals surface area contributed by atoms with E-state index in [4.69, 9.17) is 4.42 Å². The molecule has 0 radical (unpaired) electrons. The number of hydrogen-bond donors (Lipinski definition) is 2. The summed E-state index contributed by atoms with van der Waals surface area (Å²) in [6.45, 7) is 0. The van der Waals surface area contributed by atoms with Gasteiger partial charge in [0.2, 0.25) is 5.91 Å². The van der Waals surface area contributed by atoms with Gasteiger partial charge in [0.1, 0.15) is 0 Å². The number of benzene rings is 2. The molecule has 1 heterocycles. The molecule has 1 aliphatic rings. The van der Waals surface area contributed by atoms with Gasteiger partial charge < -0.3 is 15.1 Å². The second kappa shape index (κ2) is 8.73. The maximum Gasteiger partial charge on any atom is 0.255 e. The topological polar surface area (TPSA) is 84.2 Å². The van der Waals surface area contributed by atoms with E-state index in [9.17, 15) is 9.59 Å². The minimum absolute atomic E-state index is 0.0435. The Labute approximate surface area is 169 Å². The van der Waals surface area contributed by atoms with Gasteiger partial charge in [0.05, 0.1) is 6.20 Å². The summed E-state index contributed by atoms with van der Waals surface area (Å²) < 4.78 is 5.30. The Hall–Kier alpha value is -3.41. The quantitative estimate of drug-likeness (QED) is 0.635. The number of anilines is 2. The Morgan fingerprint density at radius 2 is 1.69 bits per heavy atom. The van der Waals surface area contributed by atoms with Gasteiger partial charge in [-0.2, -0.15) is 0 Å². The average Bonchev–Trinajstić information content (AvgIpc) is 3.30. The van der Waals surface area contributed by atoms with Crippen LogP contribution in [-0.4, -0.2) is 16.8 Å². The molecular formula is C23H23N3O3. The van der Waals surface area contributed by atoms with Gasteiger partial charge in [-0.05, 0) is 43.2 Å². The van der Waals surface area contributed by atoms with E-state index in [0.29, 0.717) is 22.7 Å². The Morgan fingerprint density at radius 3 is 2.45 bits per heavy atom. The fourth-order valence-corrected chi connectivity index (χ4v) is 3.66. The predicted octanol–water partition coefficient (Wildman–Crippen LogP) is 5.11. The number of hydrogen-bond acceptors (Lipinski definition) is 4. The van der Waals surface area contributed by atoms with E-state index in [1.54, 1.807) is 24.4 Å². The molecule has 1 fully saturated rings.